The molecule has 4 aromatic heterocycles. The molecule has 0 amide bonds. The second kappa shape index (κ2) is 9.48. The highest BCUT2D eigenvalue weighted by Crippen LogP contribution is 2.27. The highest BCUT2D eigenvalue weighted by molar-refractivity contribution is 5.85. The van der Waals surface area contributed by atoms with E-state index in [0.29, 0.717) is 0 Å². The monoisotopic (exact) mass is 487 g/mol. The zero-order valence-electron chi connectivity index (χ0n) is 19.4. The molecule has 0 aliphatic carbocycles. The molecular formula is C26H26ClN7O. The summed E-state index contributed by atoms with van der Waals surface area (Å²) in [6.45, 7) is 2.49. The Balaban J connectivity index is 0.00000253. The molecule has 178 valence electrons. The van der Waals surface area contributed by atoms with E-state index in [-0.39, 0.29) is 24.1 Å². The van der Waals surface area contributed by atoms with Crippen molar-refractivity contribution in [2.45, 2.75) is 19.0 Å². The molecule has 1 saturated heterocycles. The number of imidazole rings is 2. The van der Waals surface area contributed by atoms with Crippen molar-refractivity contribution in [2.75, 3.05) is 13.1 Å². The summed E-state index contributed by atoms with van der Waals surface area (Å²) in [4.78, 5) is 29.3. The maximum absolute atomic E-state index is 13.8. The van der Waals surface area contributed by atoms with Gasteiger partial charge in [0.25, 0.3) is 0 Å². The normalized spacial score (nSPS) is 16.0. The number of aromatic nitrogens is 6. The van der Waals surface area contributed by atoms with Crippen molar-refractivity contribution < 1.29 is 0 Å². The van der Waals surface area contributed by atoms with Gasteiger partial charge in [-0.15, -0.1) is 12.4 Å². The molecule has 1 aliphatic heterocycles. The third-order valence-corrected chi connectivity index (χ3v) is 6.67. The third kappa shape index (κ3) is 4.15. The van der Waals surface area contributed by atoms with Gasteiger partial charge in [0.2, 0.25) is 0 Å². The maximum Gasteiger partial charge on any atom is 0.335 e. The number of fused-ring (bicyclic) bond motifs is 1. The van der Waals surface area contributed by atoms with E-state index in [2.05, 4.69) is 19.9 Å². The molecule has 0 spiro atoms. The number of benzene rings is 1. The Hall–Kier alpha value is -3.75. The summed E-state index contributed by atoms with van der Waals surface area (Å²) in [6, 6.07) is 16.0. The lowest BCUT2D eigenvalue weighted by Gasteiger charge is -2.16. The first-order valence-corrected chi connectivity index (χ1v) is 11.5. The van der Waals surface area contributed by atoms with Crippen LogP contribution >= 0.6 is 12.4 Å². The van der Waals surface area contributed by atoms with Crippen LogP contribution < -0.4 is 5.69 Å². The van der Waals surface area contributed by atoms with Crippen molar-refractivity contribution in [3.05, 3.63) is 95.8 Å². The zero-order chi connectivity index (χ0) is 23.1. The van der Waals surface area contributed by atoms with Crippen LogP contribution in [0.15, 0.2) is 84.3 Å². The van der Waals surface area contributed by atoms with Crippen LogP contribution in [0.1, 0.15) is 18.3 Å². The summed E-state index contributed by atoms with van der Waals surface area (Å²) < 4.78 is 5.70. The number of pyridine rings is 2. The van der Waals surface area contributed by atoms with Crippen LogP contribution in [0.2, 0.25) is 0 Å². The minimum Gasteiger partial charge on any atom is -0.337 e. The highest BCUT2D eigenvalue weighted by atomic mass is 35.5. The van der Waals surface area contributed by atoms with Gasteiger partial charge in [0, 0.05) is 51.1 Å². The standard InChI is InChI=1S/C26H25N7O.ClH/c1-30-16-14-28-24(30)18-31-15-10-22(17-31)33-25-23(3-2-11-29-25)32(26(33)34)21-6-4-19(5-7-21)20-8-12-27-13-9-20;/h2-9,11-14,16,22H,10,15,17-18H2,1H3;1H/t22-;/m0./s1. The molecule has 0 saturated carbocycles. The SMILES string of the molecule is Cl.Cn1ccnc1CN1CC[C@H](n2c(=O)n(-c3ccc(-c4ccncc4)cc3)c3cccnc32)C1. The van der Waals surface area contributed by atoms with Gasteiger partial charge in [-0.3, -0.25) is 19.0 Å². The van der Waals surface area contributed by atoms with E-state index in [1.54, 1.807) is 23.2 Å². The van der Waals surface area contributed by atoms with Gasteiger partial charge in [-0.2, -0.15) is 0 Å². The first-order chi connectivity index (χ1) is 16.7. The van der Waals surface area contributed by atoms with Crippen LogP contribution in [0.4, 0.5) is 0 Å². The van der Waals surface area contributed by atoms with Gasteiger partial charge in [0.1, 0.15) is 5.82 Å². The third-order valence-electron chi connectivity index (χ3n) is 6.67. The van der Waals surface area contributed by atoms with Gasteiger partial charge in [0.15, 0.2) is 5.65 Å². The Labute approximate surface area is 208 Å². The summed E-state index contributed by atoms with van der Waals surface area (Å²) in [7, 11) is 2.01. The quantitative estimate of drug-likeness (QED) is 0.376. The summed E-state index contributed by atoms with van der Waals surface area (Å²) in [6.07, 6.45) is 10.0. The molecule has 0 N–H and O–H groups in total. The predicted octanol–water partition coefficient (Wildman–Crippen LogP) is 3.85. The first kappa shape index (κ1) is 23.0. The Morgan fingerprint density at radius 3 is 2.46 bits per heavy atom. The number of hydrogen-bond donors (Lipinski definition) is 0. The first-order valence-electron chi connectivity index (χ1n) is 11.5. The Morgan fingerprint density at radius 1 is 0.943 bits per heavy atom. The van der Waals surface area contributed by atoms with Gasteiger partial charge in [-0.1, -0.05) is 12.1 Å². The van der Waals surface area contributed by atoms with E-state index in [1.165, 1.54) is 0 Å². The van der Waals surface area contributed by atoms with E-state index in [9.17, 15) is 4.79 Å². The minimum absolute atomic E-state index is 0. The van der Waals surface area contributed by atoms with E-state index in [4.69, 9.17) is 0 Å². The van der Waals surface area contributed by atoms with Gasteiger partial charge in [0.05, 0.1) is 23.8 Å². The van der Waals surface area contributed by atoms with Crippen LogP contribution in [-0.4, -0.2) is 46.6 Å². The Kier molecular flexibility index (Phi) is 6.23. The van der Waals surface area contributed by atoms with Crippen LogP contribution in [-0.2, 0) is 13.6 Å². The van der Waals surface area contributed by atoms with Gasteiger partial charge < -0.3 is 4.57 Å². The average Bonchev–Trinajstić information content (AvgIpc) is 3.57. The van der Waals surface area contributed by atoms with Crippen molar-refractivity contribution in [1.82, 2.24) is 33.6 Å². The largest absolute Gasteiger partial charge is 0.337 e. The fourth-order valence-corrected chi connectivity index (χ4v) is 4.89. The predicted molar refractivity (Wildman–Crippen MR) is 138 cm³/mol. The van der Waals surface area contributed by atoms with E-state index >= 15 is 0 Å². The Morgan fingerprint density at radius 2 is 1.71 bits per heavy atom. The van der Waals surface area contributed by atoms with Crippen molar-refractivity contribution in [3.63, 3.8) is 0 Å². The smallest absolute Gasteiger partial charge is 0.335 e. The molecule has 1 aromatic carbocycles. The summed E-state index contributed by atoms with van der Waals surface area (Å²) in [5.74, 6) is 1.03. The Bertz CT molecular complexity index is 1500. The van der Waals surface area contributed by atoms with Crippen molar-refractivity contribution >= 4 is 23.6 Å². The molecular weight excluding hydrogens is 462 g/mol. The number of nitrogens with zero attached hydrogens (tertiary/aromatic N) is 7. The minimum atomic E-state index is -0.0470. The number of likely N-dealkylation sites (tertiary alicyclic amines) is 1. The van der Waals surface area contributed by atoms with E-state index in [1.807, 2.05) is 77.1 Å². The second-order valence-corrected chi connectivity index (χ2v) is 8.75. The average molecular weight is 488 g/mol. The summed E-state index contributed by atoms with van der Waals surface area (Å²) >= 11 is 0. The van der Waals surface area contributed by atoms with Crippen LogP contribution in [0, 0.1) is 0 Å². The molecule has 1 fully saturated rings. The second-order valence-electron chi connectivity index (χ2n) is 8.75. The topological polar surface area (TPSA) is 73.8 Å². The fourth-order valence-electron chi connectivity index (χ4n) is 4.89. The number of halogens is 1. The molecule has 0 radical (unpaired) electrons. The van der Waals surface area contributed by atoms with Crippen molar-refractivity contribution in [2.24, 2.45) is 7.05 Å². The summed E-state index contributed by atoms with van der Waals surface area (Å²) in [5.41, 5.74) is 4.52. The molecule has 1 atom stereocenters. The van der Waals surface area contributed by atoms with E-state index in [0.717, 1.165) is 59.9 Å². The lowest BCUT2D eigenvalue weighted by Crippen LogP contribution is -2.29. The van der Waals surface area contributed by atoms with Gasteiger partial charge in [-0.25, -0.2) is 14.8 Å². The molecule has 0 bridgehead atoms. The zero-order valence-corrected chi connectivity index (χ0v) is 20.2. The van der Waals surface area contributed by atoms with Crippen LogP contribution in [0.5, 0.6) is 0 Å². The molecule has 6 rings (SSSR count). The fraction of sp³-hybridized carbons (Fsp3) is 0.231. The number of hydrogen-bond acceptors (Lipinski definition) is 5. The van der Waals surface area contributed by atoms with Gasteiger partial charge >= 0.3 is 5.69 Å². The highest BCUT2D eigenvalue weighted by Gasteiger charge is 2.29. The number of aryl methyl sites for hydroxylation is 1. The van der Waals surface area contributed by atoms with E-state index < -0.39 is 0 Å². The number of rotatable bonds is 5. The lowest BCUT2D eigenvalue weighted by atomic mass is 10.1. The van der Waals surface area contributed by atoms with Crippen molar-refractivity contribution in [3.8, 4) is 16.8 Å². The van der Waals surface area contributed by atoms with Gasteiger partial charge in [-0.05, 0) is 53.9 Å². The molecule has 5 aromatic rings. The van der Waals surface area contributed by atoms with Crippen molar-refractivity contribution in [1.29, 1.82) is 0 Å². The van der Waals surface area contributed by atoms with Crippen LogP contribution in [0.3, 0.4) is 0 Å². The van der Waals surface area contributed by atoms with Crippen LogP contribution in [0.25, 0.3) is 28.0 Å². The lowest BCUT2D eigenvalue weighted by molar-refractivity contribution is 0.304. The molecule has 8 nitrogen and oxygen atoms in total. The molecule has 0 unspecified atom stereocenters. The molecule has 1 aliphatic rings. The maximum atomic E-state index is 13.8. The molecule has 9 heteroatoms. The summed E-state index contributed by atoms with van der Waals surface area (Å²) in [5, 5.41) is 0. The molecule has 35 heavy (non-hydrogen) atoms. The molecule has 5 heterocycles.